The van der Waals surface area contributed by atoms with Crippen LogP contribution in [0.15, 0.2) is 46.9 Å². The zero-order chi connectivity index (χ0) is 13.1. The highest BCUT2D eigenvalue weighted by molar-refractivity contribution is 9.10. The minimum atomic E-state index is 0.0283. The van der Waals surface area contributed by atoms with Crippen molar-refractivity contribution in [2.75, 3.05) is 0 Å². The summed E-state index contributed by atoms with van der Waals surface area (Å²) in [5, 5.41) is 1.09. The second-order valence-electron chi connectivity index (χ2n) is 3.85. The number of hydrogen-bond donors (Lipinski definition) is 0. The molecule has 2 aromatic rings. The molecule has 0 N–H and O–H groups in total. The third kappa shape index (κ3) is 3.35. The topological polar surface area (TPSA) is 17.1 Å². The molecule has 0 atom stereocenters. The molecule has 0 heterocycles. The summed E-state index contributed by atoms with van der Waals surface area (Å²) in [6.07, 6.45) is 0.270. The predicted molar refractivity (Wildman–Crippen MR) is 78.6 cm³/mol. The Morgan fingerprint density at radius 2 is 1.89 bits per heavy atom. The first-order valence-electron chi connectivity index (χ1n) is 5.29. The maximum atomic E-state index is 12.1. The molecule has 0 bridgehead atoms. The maximum Gasteiger partial charge on any atom is 0.167 e. The van der Waals surface area contributed by atoms with Crippen molar-refractivity contribution >= 4 is 44.9 Å². The van der Waals surface area contributed by atoms with Gasteiger partial charge in [0.25, 0.3) is 0 Å². The van der Waals surface area contributed by atoms with Crippen LogP contribution in [-0.4, -0.2) is 5.78 Å². The van der Waals surface area contributed by atoms with Crippen LogP contribution in [-0.2, 0) is 6.42 Å². The van der Waals surface area contributed by atoms with E-state index in [1.165, 1.54) is 0 Å². The summed E-state index contributed by atoms with van der Waals surface area (Å²) in [5.74, 6) is 0.0283. The van der Waals surface area contributed by atoms with Crippen molar-refractivity contribution in [3.63, 3.8) is 0 Å². The number of carbonyl (C=O) groups excluding carboxylic acids is 1. The molecule has 92 valence electrons. The summed E-state index contributed by atoms with van der Waals surface area (Å²) in [6.45, 7) is 0. The number of rotatable bonds is 3. The zero-order valence-electron chi connectivity index (χ0n) is 9.29. The van der Waals surface area contributed by atoms with Crippen LogP contribution in [0.5, 0.6) is 0 Å². The van der Waals surface area contributed by atoms with Crippen molar-refractivity contribution in [3.8, 4) is 0 Å². The molecule has 0 aliphatic carbocycles. The fourth-order valence-corrected chi connectivity index (χ4v) is 2.48. The average Bonchev–Trinajstić information content (AvgIpc) is 2.32. The number of hydrogen-bond acceptors (Lipinski definition) is 1. The minimum absolute atomic E-state index is 0.0283. The molecule has 0 saturated heterocycles. The Balaban J connectivity index is 2.21. The van der Waals surface area contributed by atoms with Gasteiger partial charge >= 0.3 is 0 Å². The van der Waals surface area contributed by atoms with E-state index < -0.39 is 0 Å². The Labute approximate surface area is 124 Å². The molecule has 1 nitrogen and oxygen atoms in total. The lowest BCUT2D eigenvalue weighted by Crippen LogP contribution is -2.03. The van der Waals surface area contributed by atoms with Crippen molar-refractivity contribution in [1.29, 1.82) is 0 Å². The summed E-state index contributed by atoms with van der Waals surface area (Å²) in [5.41, 5.74) is 1.45. The molecule has 0 saturated carbocycles. The van der Waals surface area contributed by atoms with Gasteiger partial charge in [-0.1, -0.05) is 57.3 Å². The number of ketones is 1. The monoisotopic (exact) mass is 342 g/mol. The van der Waals surface area contributed by atoms with Gasteiger partial charge in [0.05, 0.1) is 0 Å². The Morgan fingerprint density at radius 1 is 1.11 bits per heavy atom. The molecule has 0 spiro atoms. The first-order valence-corrected chi connectivity index (χ1v) is 6.84. The fourth-order valence-electron chi connectivity index (χ4n) is 1.60. The lowest BCUT2D eigenvalue weighted by atomic mass is 10.0. The third-order valence-electron chi connectivity index (χ3n) is 2.51. The fraction of sp³-hybridized carbons (Fsp3) is 0.0714. The van der Waals surface area contributed by atoms with Crippen LogP contribution in [0.2, 0.25) is 10.0 Å². The van der Waals surface area contributed by atoms with Gasteiger partial charge in [-0.15, -0.1) is 0 Å². The molecule has 0 aliphatic heterocycles. The quantitative estimate of drug-likeness (QED) is 0.701. The van der Waals surface area contributed by atoms with Crippen LogP contribution in [0.25, 0.3) is 0 Å². The molecule has 0 unspecified atom stereocenters. The Hall–Kier alpha value is -0.830. The van der Waals surface area contributed by atoms with E-state index in [1.807, 2.05) is 12.1 Å². The highest BCUT2D eigenvalue weighted by Gasteiger charge is 2.10. The van der Waals surface area contributed by atoms with Gasteiger partial charge in [0, 0.05) is 26.5 Å². The molecule has 2 aromatic carbocycles. The Bertz CT molecular complexity index is 596. The van der Waals surface area contributed by atoms with Crippen molar-refractivity contribution in [2.45, 2.75) is 6.42 Å². The van der Waals surface area contributed by atoms with Crippen LogP contribution < -0.4 is 0 Å². The number of benzene rings is 2. The van der Waals surface area contributed by atoms with Gasteiger partial charge in [0.2, 0.25) is 0 Å². The minimum Gasteiger partial charge on any atom is -0.294 e. The van der Waals surface area contributed by atoms with Gasteiger partial charge < -0.3 is 0 Å². The van der Waals surface area contributed by atoms with Gasteiger partial charge in [0.15, 0.2) is 5.78 Å². The summed E-state index contributed by atoms with van der Waals surface area (Å²) < 4.78 is 0.885. The van der Waals surface area contributed by atoms with Crippen LogP contribution in [0.1, 0.15) is 15.9 Å². The van der Waals surface area contributed by atoms with Gasteiger partial charge in [-0.05, 0) is 29.8 Å². The van der Waals surface area contributed by atoms with E-state index in [-0.39, 0.29) is 12.2 Å². The molecule has 4 heteroatoms. The lowest BCUT2D eigenvalue weighted by Gasteiger charge is -2.05. The summed E-state index contributed by atoms with van der Waals surface area (Å²) in [6, 6.07) is 12.5. The van der Waals surface area contributed by atoms with Crippen LogP contribution in [0.4, 0.5) is 0 Å². The SMILES string of the molecule is O=C(Cc1ccc(Cl)cc1Cl)c1cccc(Br)c1. The Kier molecular flexibility index (Phi) is 4.44. The van der Waals surface area contributed by atoms with Crippen LogP contribution in [0.3, 0.4) is 0 Å². The zero-order valence-corrected chi connectivity index (χ0v) is 12.4. The number of Topliss-reactive ketones (excluding diaryl/α,β-unsaturated/α-hetero) is 1. The smallest absolute Gasteiger partial charge is 0.167 e. The molecular formula is C14H9BrCl2O. The lowest BCUT2D eigenvalue weighted by molar-refractivity contribution is 0.0993. The first kappa shape index (κ1) is 13.6. The van der Waals surface area contributed by atoms with Crippen molar-refractivity contribution in [2.24, 2.45) is 0 Å². The van der Waals surface area contributed by atoms with Crippen molar-refractivity contribution in [3.05, 3.63) is 68.1 Å². The van der Waals surface area contributed by atoms with Crippen molar-refractivity contribution < 1.29 is 4.79 Å². The van der Waals surface area contributed by atoms with Gasteiger partial charge in [-0.25, -0.2) is 0 Å². The summed E-state index contributed by atoms with van der Waals surface area (Å²) in [7, 11) is 0. The molecular weight excluding hydrogens is 335 g/mol. The third-order valence-corrected chi connectivity index (χ3v) is 3.59. The number of halogens is 3. The van der Waals surface area contributed by atoms with E-state index in [0.29, 0.717) is 15.6 Å². The van der Waals surface area contributed by atoms with E-state index in [9.17, 15) is 4.79 Å². The van der Waals surface area contributed by atoms with Gasteiger partial charge in [-0.3, -0.25) is 4.79 Å². The van der Waals surface area contributed by atoms with Crippen LogP contribution in [0, 0.1) is 0 Å². The van der Waals surface area contributed by atoms with E-state index >= 15 is 0 Å². The standard InChI is InChI=1S/C14H9BrCl2O/c15-11-3-1-2-10(6-11)14(18)7-9-4-5-12(16)8-13(9)17/h1-6,8H,7H2. The van der Waals surface area contributed by atoms with E-state index in [0.717, 1.165) is 10.0 Å². The van der Waals surface area contributed by atoms with E-state index in [1.54, 1.807) is 30.3 Å². The molecule has 0 aromatic heterocycles. The van der Waals surface area contributed by atoms with Gasteiger partial charge in [-0.2, -0.15) is 0 Å². The van der Waals surface area contributed by atoms with Crippen molar-refractivity contribution in [1.82, 2.24) is 0 Å². The van der Waals surface area contributed by atoms with E-state index in [4.69, 9.17) is 23.2 Å². The molecule has 0 amide bonds. The largest absolute Gasteiger partial charge is 0.294 e. The average molecular weight is 344 g/mol. The molecule has 0 aliphatic rings. The highest BCUT2D eigenvalue weighted by atomic mass is 79.9. The summed E-state index contributed by atoms with van der Waals surface area (Å²) >= 11 is 15.2. The molecule has 0 radical (unpaired) electrons. The molecule has 2 rings (SSSR count). The molecule has 18 heavy (non-hydrogen) atoms. The second kappa shape index (κ2) is 5.87. The maximum absolute atomic E-state index is 12.1. The first-order chi connectivity index (χ1) is 8.56. The summed E-state index contributed by atoms with van der Waals surface area (Å²) in [4.78, 5) is 12.1. The van der Waals surface area contributed by atoms with Crippen LogP contribution >= 0.6 is 39.1 Å². The second-order valence-corrected chi connectivity index (χ2v) is 5.61. The molecule has 0 fully saturated rings. The highest BCUT2D eigenvalue weighted by Crippen LogP contribution is 2.23. The van der Waals surface area contributed by atoms with Gasteiger partial charge in [0.1, 0.15) is 0 Å². The number of carbonyl (C=O) groups is 1. The van der Waals surface area contributed by atoms with E-state index in [2.05, 4.69) is 15.9 Å². The normalized spacial score (nSPS) is 10.4. The predicted octanol–water partition coefficient (Wildman–Crippen LogP) is 5.18. The Morgan fingerprint density at radius 3 is 2.56 bits per heavy atom.